The number of carbonyl (C=O) groups excluding carboxylic acids is 1. The molecule has 0 aliphatic rings. The van der Waals surface area contributed by atoms with E-state index < -0.39 is 11.6 Å². The zero-order valence-corrected chi connectivity index (χ0v) is 12.2. The first kappa shape index (κ1) is 14.6. The summed E-state index contributed by atoms with van der Waals surface area (Å²) in [6, 6.07) is 8.25. The summed E-state index contributed by atoms with van der Waals surface area (Å²) in [4.78, 5) is 17.5. The van der Waals surface area contributed by atoms with E-state index in [2.05, 4.69) is 20.9 Å². The number of hydrogen-bond donors (Lipinski definition) is 0. The number of hydrogen-bond acceptors (Lipinski definition) is 2. The molecule has 1 heterocycles. The minimum atomic E-state index is -0.674. The number of pyridine rings is 1. The van der Waals surface area contributed by atoms with Gasteiger partial charge in [-0.2, -0.15) is 0 Å². The van der Waals surface area contributed by atoms with Gasteiger partial charge in [0.25, 0.3) is 5.91 Å². The Morgan fingerprint density at radius 3 is 2.70 bits per heavy atom. The van der Waals surface area contributed by atoms with E-state index in [0.29, 0.717) is 4.60 Å². The van der Waals surface area contributed by atoms with Crippen molar-refractivity contribution >= 4 is 21.8 Å². The molecule has 0 saturated heterocycles. The molecule has 1 amide bonds. The van der Waals surface area contributed by atoms with Crippen LogP contribution in [0.15, 0.2) is 41.0 Å². The molecular formula is C14H11BrF2N2O. The van der Waals surface area contributed by atoms with Crippen molar-refractivity contribution in [2.45, 2.75) is 6.54 Å². The van der Waals surface area contributed by atoms with Crippen LogP contribution in [0.4, 0.5) is 8.78 Å². The Bertz CT molecular complexity index is 649. The van der Waals surface area contributed by atoms with Crippen LogP contribution in [0, 0.1) is 11.6 Å². The van der Waals surface area contributed by atoms with Gasteiger partial charge in [-0.3, -0.25) is 4.79 Å². The third kappa shape index (κ3) is 3.39. The molecule has 6 heteroatoms. The molecule has 0 N–H and O–H groups in total. The Morgan fingerprint density at radius 1 is 1.30 bits per heavy atom. The molecule has 2 rings (SSSR count). The first-order valence-corrected chi connectivity index (χ1v) is 6.58. The predicted octanol–water partition coefficient (Wildman–Crippen LogP) is 3.39. The first-order valence-electron chi connectivity index (χ1n) is 5.79. The standard InChI is InChI=1S/C14H11BrF2N2O/c1-19(8-9-5-6-10(16)7-11(9)17)14(20)12-3-2-4-13(15)18-12/h2-7H,8H2,1H3. The molecule has 0 fully saturated rings. The maximum absolute atomic E-state index is 13.5. The van der Waals surface area contributed by atoms with Crippen LogP contribution in [0.3, 0.4) is 0 Å². The molecule has 0 bridgehead atoms. The van der Waals surface area contributed by atoms with Crippen molar-refractivity contribution in [1.29, 1.82) is 0 Å². The fraction of sp³-hybridized carbons (Fsp3) is 0.143. The van der Waals surface area contributed by atoms with Crippen LogP contribution in [-0.2, 0) is 6.54 Å². The molecule has 104 valence electrons. The molecule has 0 spiro atoms. The van der Waals surface area contributed by atoms with Crippen molar-refractivity contribution in [2.24, 2.45) is 0 Å². The molecule has 0 radical (unpaired) electrons. The van der Waals surface area contributed by atoms with E-state index >= 15 is 0 Å². The minimum absolute atomic E-state index is 0.0408. The number of aromatic nitrogens is 1. The Balaban J connectivity index is 2.15. The van der Waals surface area contributed by atoms with Crippen LogP contribution < -0.4 is 0 Å². The van der Waals surface area contributed by atoms with Crippen molar-refractivity contribution in [1.82, 2.24) is 9.88 Å². The van der Waals surface area contributed by atoms with Gasteiger partial charge in [-0.05, 0) is 34.1 Å². The smallest absolute Gasteiger partial charge is 0.272 e. The number of carbonyl (C=O) groups is 1. The van der Waals surface area contributed by atoms with E-state index in [-0.39, 0.29) is 23.7 Å². The highest BCUT2D eigenvalue weighted by atomic mass is 79.9. The van der Waals surface area contributed by atoms with Crippen molar-refractivity contribution in [3.05, 3.63) is 63.9 Å². The molecule has 1 aromatic carbocycles. The summed E-state index contributed by atoms with van der Waals surface area (Å²) < 4.78 is 26.9. The number of halogens is 3. The predicted molar refractivity (Wildman–Crippen MR) is 74.1 cm³/mol. The molecule has 2 aromatic rings. The Hall–Kier alpha value is -1.82. The van der Waals surface area contributed by atoms with E-state index in [0.717, 1.165) is 12.1 Å². The van der Waals surface area contributed by atoms with E-state index in [1.165, 1.54) is 18.0 Å². The van der Waals surface area contributed by atoms with E-state index in [9.17, 15) is 13.6 Å². The summed E-state index contributed by atoms with van der Waals surface area (Å²) >= 11 is 3.18. The zero-order chi connectivity index (χ0) is 14.7. The van der Waals surface area contributed by atoms with Gasteiger partial charge < -0.3 is 4.90 Å². The van der Waals surface area contributed by atoms with Gasteiger partial charge in [-0.1, -0.05) is 12.1 Å². The van der Waals surface area contributed by atoms with Crippen LogP contribution in [0.5, 0.6) is 0 Å². The van der Waals surface area contributed by atoms with Gasteiger partial charge in [0.2, 0.25) is 0 Å². The van der Waals surface area contributed by atoms with Gasteiger partial charge in [-0.25, -0.2) is 13.8 Å². The van der Waals surface area contributed by atoms with Gasteiger partial charge in [0.15, 0.2) is 0 Å². The lowest BCUT2D eigenvalue weighted by molar-refractivity contribution is 0.0778. The molecular weight excluding hydrogens is 330 g/mol. The normalized spacial score (nSPS) is 10.4. The third-order valence-corrected chi connectivity index (χ3v) is 3.15. The van der Waals surface area contributed by atoms with Crippen molar-refractivity contribution in [3.8, 4) is 0 Å². The highest BCUT2D eigenvalue weighted by Crippen LogP contribution is 2.14. The van der Waals surface area contributed by atoms with Gasteiger partial charge in [-0.15, -0.1) is 0 Å². The summed E-state index contributed by atoms with van der Waals surface area (Å²) in [6.07, 6.45) is 0. The molecule has 0 aliphatic heterocycles. The summed E-state index contributed by atoms with van der Waals surface area (Å²) in [5.41, 5.74) is 0.502. The van der Waals surface area contributed by atoms with E-state index in [4.69, 9.17) is 0 Å². The lowest BCUT2D eigenvalue weighted by atomic mass is 10.2. The molecule has 1 aromatic heterocycles. The second-order valence-electron chi connectivity index (χ2n) is 4.24. The first-order chi connectivity index (χ1) is 9.47. The SMILES string of the molecule is CN(Cc1ccc(F)cc1F)C(=O)c1cccc(Br)n1. The van der Waals surface area contributed by atoms with Crippen molar-refractivity contribution < 1.29 is 13.6 Å². The molecule has 0 saturated carbocycles. The zero-order valence-electron chi connectivity index (χ0n) is 10.6. The second-order valence-corrected chi connectivity index (χ2v) is 5.05. The number of rotatable bonds is 3. The fourth-order valence-electron chi connectivity index (χ4n) is 1.70. The average Bonchev–Trinajstić information content (AvgIpc) is 2.41. The highest BCUT2D eigenvalue weighted by molar-refractivity contribution is 9.10. The fourth-order valence-corrected chi connectivity index (χ4v) is 2.04. The lowest BCUT2D eigenvalue weighted by Gasteiger charge is -2.17. The minimum Gasteiger partial charge on any atom is -0.336 e. The Labute approximate surface area is 123 Å². The second kappa shape index (κ2) is 6.09. The van der Waals surface area contributed by atoms with Gasteiger partial charge >= 0.3 is 0 Å². The lowest BCUT2D eigenvalue weighted by Crippen LogP contribution is -2.27. The highest BCUT2D eigenvalue weighted by Gasteiger charge is 2.15. The third-order valence-electron chi connectivity index (χ3n) is 2.70. The van der Waals surface area contributed by atoms with Crippen molar-refractivity contribution in [3.63, 3.8) is 0 Å². The van der Waals surface area contributed by atoms with E-state index in [1.54, 1.807) is 18.2 Å². The van der Waals surface area contributed by atoms with Crippen LogP contribution in [0.1, 0.15) is 16.1 Å². The molecule has 0 atom stereocenters. The topological polar surface area (TPSA) is 33.2 Å². The maximum atomic E-state index is 13.5. The van der Waals surface area contributed by atoms with Gasteiger partial charge in [0.05, 0.1) is 0 Å². The van der Waals surface area contributed by atoms with Crippen LogP contribution >= 0.6 is 15.9 Å². The summed E-state index contributed by atoms with van der Waals surface area (Å²) in [6.45, 7) is 0.0408. The molecule has 20 heavy (non-hydrogen) atoms. The van der Waals surface area contributed by atoms with Crippen molar-refractivity contribution in [2.75, 3.05) is 7.05 Å². The number of benzene rings is 1. The quantitative estimate of drug-likeness (QED) is 0.802. The van der Waals surface area contributed by atoms with E-state index in [1.807, 2.05) is 0 Å². The van der Waals surface area contributed by atoms with Crippen LogP contribution in [-0.4, -0.2) is 22.8 Å². The molecule has 3 nitrogen and oxygen atoms in total. The Morgan fingerprint density at radius 2 is 2.05 bits per heavy atom. The Kier molecular flexibility index (Phi) is 4.44. The summed E-state index contributed by atoms with van der Waals surface area (Å²) in [5.74, 6) is -1.66. The van der Waals surface area contributed by atoms with Crippen LogP contribution in [0.2, 0.25) is 0 Å². The largest absolute Gasteiger partial charge is 0.336 e. The summed E-state index contributed by atoms with van der Waals surface area (Å²) in [5, 5.41) is 0. The average molecular weight is 341 g/mol. The van der Waals surface area contributed by atoms with Gasteiger partial charge in [0, 0.05) is 25.2 Å². The summed E-state index contributed by atoms with van der Waals surface area (Å²) in [7, 11) is 1.54. The number of amides is 1. The molecule has 0 unspecified atom stereocenters. The van der Waals surface area contributed by atoms with Gasteiger partial charge in [0.1, 0.15) is 21.9 Å². The number of nitrogens with zero attached hydrogens (tertiary/aromatic N) is 2. The van der Waals surface area contributed by atoms with Crippen LogP contribution in [0.25, 0.3) is 0 Å². The monoisotopic (exact) mass is 340 g/mol. The molecule has 0 aliphatic carbocycles. The maximum Gasteiger partial charge on any atom is 0.272 e.